The molecule has 2 heterocycles. The van der Waals surface area contributed by atoms with Gasteiger partial charge < -0.3 is 15.4 Å². The first-order valence-electron chi connectivity index (χ1n) is 7.15. The van der Waals surface area contributed by atoms with Gasteiger partial charge in [0.05, 0.1) is 6.10 Å². The van der Waals surface area contributed by atoms with Gasteiger partial charge in [-0.1, -0.05) is 13.8 Å². The summed E-state index contributed by atoms with van der Waals surface area (Å²) < 4.78 is 5.82. The van der Waals surface area contributed by atoms with Gasteiger partial charge in [-0.05, 0) is 18.8 Å². The summed E-state index contributed by atoms with van der Waals surface area (Å²) >= 11 is 1.44. The number of hydrogen-bond acceptors (Lipinski definition) is 5. The third-order valence-corrected chi connectivity index (χ3v) is 4.30. The predicted octanol–water partition coefficient (Wildman–Crippen LogP) is 2.30. The van der Waals surface area contributed by atoms with Crippen LogP contribution >= 0.6 is 23.7 Å². The minimum Gasteiger partial charge on any atom is -0.376 e. The fraction of sp³-hybridized carbons (Fsp3) is 0.714. The van der Waals surface area contributed by atoms with E-state index in [9.17, 15) is 4.79 Å². The number of thiazole rings is 1. The van der Waals surface area contributed by atoms with E-state index < -0.39 is 0 Å². The number of nitrogens with two attached hydrogens (primary N) is 1. The molecule has 1 saturated heterocycles. The molecule has 1 aromatic heterocycles. The lowest BCUT2D eigenvalue weighted by Gasteiger charge is -2.16. The summed E-state index contributed by atoms with van der Waals surface area (Å²) in [4.78, 5) is 18.4. The molecular weight excluding hydrogens is 310 g/mol. The van der Waals surface area contributed by atoms with E-state index in [-0.39, 0.29) is 24.4 Å². The van der Waals surface area contributed by atoms with Gasteiger partial charge in [-0.15, -0.1) is 23.7 Å². The van der Waals surface area contributed by atoms with Gasteiger partial charge in [0.2, 0.25) is 0 Å². The quantitative estimate of drug-likeness (QED) is 0.867. The Labute approximate surface area is 136 Å². The molecule has 2 N–H and O–H groups in total. The summed E-state index contributed by atoms with van der Waals surface area (Å²) in [5.41, 5.74) is 6.03. The number of halogens is 1. The Balaban J connectivity index is 0.00000220. The summed E-state index contributed by atoms with van der Waals surface area (Å²) in [6.45, 7) is 6.96. The van der Waals surface area contributed by atoms with Gasteiger partial charge in [0.1, 0.15) is 10.7 Å². The van der Waals surface area contributed by atoms with Gasteiger partial charge >= 0.3 is 0 Å². The average Bonchev–Trinajstić information content (AvgIpc) is 3.06. The average molecular weight is 334 g/mol. The molecule has 120 valence electrons. The molecule has 0 spiro atoms. The van der Waals surface area contributed by atoms with Crippen LogP contribution in [0.5, 0.6) is 0 Å². The van der Waals surface area contributed by atoms with Crippen LogP contribution in [0, 0.1) is 5.92 Å². The third kappa shape index (κ3) is 5.21. The van der Waals surface area contributed by atoms with E-state index in [1.165, 1.54) is 11.3 Å². The Hall–Kier alpha value is -0.690. The number of carbonyl (C=O) groups excluding carboxylic acids is 1. The molecular formula is C14H24ClN3O2S. The first-order valence-corrected chi connectivity index (χ1v) is 8.03. The Morgan fingerprint density at radius 1 is 1.62 bits per heavy atom. The molecule has 21 heavy (non-hydrogen) atoms. The van der Waals surface area contributed by atoms with Crippen LogP contribution in [-0.4, -0.2) is 41.6 Å². The number of carbonyl (C=O) groups is 1. The largest absolute Gasteiger partial charge is 0.376 e. The van der Waals surface area contributed by atoms with E-state index >= 15 is 0 Å². The Bertz CT molecular complexity index is 453. The van der Waals surface area contributed by atoms with Crippen LogP contribution in [0.4, 0.5) is 0 Å². The topological polar surface area (TPSA) is 68.5 Å². The smallest absolute Gasteiger partial charge is 0.273 e. The van der Waals surface area contributed by atoms with Crippen molar-refractivity contribution in [2.24, 2.45) is 11.7 Å². The lowest BCUT2D eigenvalue weighted by molar-refractivity contribution is 0.0482. The number of ether oxygens (including phenoxy) is 1. The van der Waals surface area contributed by atoms with Gasteiger partial charge in [-0.3, -0.25) is 4.79 Å². The first kappa shape index (κ1) is 18.4. The summed E-state index contributed by atoms with van der Waals surface area (Å²) in [7, 11) is 0. The zero-order valence-corrected chi connectivity index (χ0v) is 14.2. The fourth-order valence-electron chi connectivity index (χ4n) is 2.18. The van der Waals surface area contributed by atoms with Crippen molar-refractivity contribution in [1.29, 1.82) is 0 Å². The van der Waals surface area contributed by atoms with Crippen molar-refractivity contribution in [3.05, 3.63) is 16.1 Å². The Morgan fingerprint density at radius 3 is 3.00 bits per heavy atom. The SMILES string of the molecule is CC(C)CCOC1CCN(C(=O)c2csc(CN)n2)C1.Cl. The zero-order chi connectivity index (χ0) is 14.5. The second-order valence-corrected chi connectivity index (χ2v) is 6.49. The summed E-state index contributed by atoms with van der Waals surface area (Å²) in [5.74, 6) is 0.648. The number of hydrogen-bond donors (Lipinski definition) is 1. The molecule has 1 amide bonds. The normalized spacial score (nSPS) is 18.1. The summed E-state index contributed by atoms with van der Waals surface area (Å²) in [5, 5.41) is 2.59. The molecule has 1 atom stereocenters. The van der Waals surface area contributed by atoms with E-state index in [1.54, 1.807) is 5.38 Å². The Kier molecular flexibility index (Phi) is 7.59. The van der Waals surface area contributed by atoms with E-state index in [0.717, 1.165) is 31.0 Å². The van der Waals surface area contributed by atoms with Crippen molar-refractivity contribution in [3.8, 4) is 0 Å². The monoisotopic (exact) mass is 333 g/mol. The van der Waals surface area contributed by atoms with Gasteiger partial charge in [-0.2, -0.15) is 0 Å². The van der Waals surface area contributed by atoms with Crippen molar-refractivity contribution in [1.82, 2.24) is 9.88 Å². The number of likely N-dealkylation sites (tertiary alicyclic amines) is 1. The maximum atomic E-state index is 12.3. The zero-order valence-electron chi connectivity index (χ0n) is 12.6. The van der Waals surface area contributed by atoms with E-state index in [2.05, 4.69) is 18.8 Å². The van der Waals surface area contributed by atoms with Gasteiger partial charge in [-0.25, -0.2) is 4.98 Å². The van der Waals surface area contributed by atoms with Crippen LogP contribution in [0.3, 0.4) is 0 Å². The molecule has 2 rings (SSSR count). The van der Waals surface area contributed by atoms with Gasteiger partial charge in [0.25, 0.3) is 5.91 Å². The molecule has 0 aliphatic carbocycles. The maximum Gasteiger partial charge on any atom is 0.273 e. The first-order chi connectivity index (χ1) is 9.60. The number of aromatic nitrogens is 1. The van der Waals surface area contributed by atoms with Crippen LogP contribution in [0.1, 0.15) is 42.2 Å². The minimum atomic E-state index is -0.00379. The third-order valence-electron chi connectivity index (χ3n) is 3.43. The molecule has 1 aliphatic rings. The van der Waals surface area contributed by atoms with Crippen LogP contribution in [0.15, 0.2) is 5.38 Å². The van der Waals surface area contributed by atoms with E-state index in [4.69, 9.17) is 10.5 Å². The highest BCUT2D eigenvalue weighted by Gasteiger charge is 2.28. The molecule has 0 aromatic carbocycles. The molecule has 1 unspecified atom stereocenters. The van der Waals surface area contributed by atoms with Gasteiger partial charge in [0.15, 0.2) is 0 Å². The predicted molar refractivity (Wildman–Crippen MR) is 87.0 cm³/mol. The number of nitrogens with zero attached hydrogens (tertiary/aromatic N) is 2. The van der Waals surface area contributed by atoms with Crippen LogP contribution in [0.25, 0.3) is 0 Å². The summed E-state index contributed by atoms with van der Waals surface area (Å²) in [6.07, 6.45) is 2.15. The van der Waals surface area contributed by atoms with E-state index in [0.29, 0.717) is 24.7 Å². The lowest BCUT2D eigenvalue weighted by atomic mass is 10.1. The van der Waals surface area contributed by atoms with Crippen molar-refractivity contribution in [3.63, 3.8) is 0 Å². The van der Waals surface area contributed by atoms with Crippen molar-refractivity contribution in [2.75, 3.05) is 19.7 Å². The number of amides is 1. The second-order valence-electron chi connectivity index (χ2n) is 5.55. The van der Waals surface area contributed by atoms with Gasteiger partial charge in [0, 0.05) is 31.6 Å². The molecule has 1 fully saturated rings. The second kappa shape index (κ2) is 8.68. The molecule has 5 nitrogen and oxygen atoms in total. The van der Waals surface area contributed by atoms with Crippen LogP contribution in [-0.2, 0) is 11.3 Å². The van der Waals surface area contributed by atoms with Crippen molar-refractivity contribution < 1.29 is 9.53 Å². The molecule has 1 aromatic rings. The maximum absolute atomic E-state index is 12.3. The number of rotatable bonds is 6. The summed E-state index contributed by atoms with van der Waals surface area (Å²) in [6, 6.07) is 0. The van der Waals surface area contributed by atoms with Crippen LogP contribution < -0.4 is 5.73 Å². The highest BCUT2D eigenvalue weighted by molar-refractivity contribution is 7.09. The molecule has 0 saturated carbocycles. The minimum absolute atomic E-state index is 0. The highest BCUT2D eigenvalue weighted by Crippen LogP contribution is 2.18. The molecule has 7 heteroatoms. The molecule has 0 bridgehead atoms. The van der Waals surface area contributed by atoms with Crippen LogP contribution in [0.2, 0.25) is 0 Å². The standard InChI is InChI=1S/C14H23N3O2S.ClH/c1-10(2)4-6-19-11-3-5-17(8-11)14(18)12-9-20-13(7-15)16-12;/h9-11H,3-8,15H2,1-2H3;1H. The van der Waals surface area contributed by atoms with E-state index in [1.807, 2.05) is 4.90 Å². The van der Waals surface area contributed by atoms with Crippen molar-refractivity contribution >= 4 is 29.7 Å². The molecule has 0 radical (unpaired) electrons. The fourth-order valence-corrected chi connectivity index (χ4v) is 2.83. The lowest BCUT2D eigenvalue weighted by Crippen LogP contribution is -2.30. The highest BCUT2D eigenvalue weighted by atomic mass is 35.5. The Morgan fingerprint density at radius 2 is 2.38 bits per heavy atom. The van der Waals surface area contributed by atoms with Crippen molar-refractivity contribution in [2.45, 2.75) is 39.3 Å². The molecule has 1 aliphatic heterocycles.